The molecule has 0 fully saturated rings. The van der Waals surface area contributed by atoms with E-state index in [0.717, 1.165) is 13.2 Å². The molecule has 0 aliphatic rings. The topological polar surface area (TPSA) is 134 Å². The van der Waals surface area contributed by atoms with Gasteiger partial charge in [0, 0.05) is 26.1 Å². The fourth-order valence-corrected chi connectivity index (χ4v) is 1.11. The molecule has 0 saturated heterocycles. The summed E-state index contributed by atoms with van der Waals surface area (Å²) in [7, 11) is 0. The number of aliphatic hydroxyl groups is 2. The van der Waals surface area contributed by atoms with Crippen LogP contribution >= 0.6 is 0 Å². The molecule has 8 heteroatoms. The zero-order chi connectivity index (χ0) is 19.4. The Morgan fingerprint density at radius 3 is 1.58 bits per heavy atom. The molecule has 0 spiro atoms. The standard InChI is InChI=1S/C6H10O4.C6H14O3.C4H10O/c7-5(8)3-1-2-4-6(9)10;1-5(8)4-9-6(2)3-7;1-3-5-4-2/h1-4H2,(H,7,8)(H,9,10);5-8H,3-4H2,1-2H3;3-4H2,1-2H3. The Bertz CT molecular complexity index is 263. The normalized spacial score (nSPS) is 12.1. The van der Waals surface area contributed by atoms with Crippen LogP contribution in [-0.4, -0.2) is 71.0 Å². The molecule has 0 saturated carbocycles. The van der Waals surface area contributed by atoms with Crippen molar-refractivity contribution in [1.29, 1.82) is 0 Å². The van der Waals surface area contributed by atoms with Crippen LogP contribution in [0.5, 0.6) is 0 Å². The number of hydrogen-bond donors (Lipinski definition) is 4. The van der Waals surface area contributed by atoms with Crippen molar-refractivity contribution in [2.24, 2.45) is 0 Å². The molecule has 8 nitrogen and oxygen atoms in total. The molecule has 0 amide bonds. The fourth-order valence-electron chi connectivity index (χ4n) is 1.11. The second kappa shape index (κ2) is 21.8. The largest absolute Gasteiger partial charge is 0.481 e. The summed E-state index contributed by atoms with van der Waals surface area (Å²) < 4.78 is 9.79. The number of carboxylic acids is 2. The van der Waals surface area contributed by atoms with Gasteiger partial charge in [0.25, 0.3) is 0 Å². The molecule has 0 aromatic carbocycles. The van der Waals surface area contributed by atoms with Gasteiger partial charge in [0.15, 0.2) is 0 Å². The zero-order valence-electron chi connectivity index (χ0n) is 15.2. The van der Waals surface area contributed by atoms with E-state index < -0.39 is 18.0 Å². The number of rotatable bonds is 11. The Labute approximate surface area is 144 Å². The first-order valence-corrected chi connectivity index (χ1v) is 8.12. The van der Waals surface area contributed by atoms with Crippen LogP contribution < -0.4 is 0 Å². The van der Waals surface area contributed by atoms with E-state index in [4.69, 9.17) is 29.9 Å². The van der Waals surface area contributed by atoms with Gasteiger partial charge in [-0.2, -0.15) is 0 Å². The summed E-state index contributed by atoms with van der Waals surface area (Å²) in [6.07, 6.45) is 0.405. The molecule has 146 valence electrons. The third kappa shape index (κ3) is 37.2. The molecule has 24 heavy (non-hydrogen) atoms. The summed E-state index contributed by atoms with van der Waals surface area (Å²) >= 11 is 0. The van der Waals surface area contributed by atoms with Gasteiger partial charge >= 0.3 is 11.9 Å². The molecule has 0 radical (unpaired) electrons. The van der Waals surface area contributed by atoms with Crippen molar-refractivity contribution in [3.63, 3.8) is 0 Å². The maximum atomic E-state index is 9.90. The Morgan fingerprint density at radius 2 is 1.38 bits per heavy atom. The molecular formula is C16H34O8. The summed E-state index contributed by atoms with van der Waals surface area (Å²) in [6.45, 7) is 9.36. The minimum Gasteiger partial charge on any atom is -0.481 e. The molecule has 2 atom stereocenters. The van der Waals surface area contributed by atoms with Crippen LogP contribution in [0.3, 0.4) is 0 Å². The van der Waals surface area contributed by atoms with Gasteiger partial charge in [-0.25, -0.2) is 0 Å². The highest BCUT2D eigenvalue weighted by Gasteiger charge is 2.01. The number of unbranched alkanes of at least 4 members (excludes halogenated alkanes) is 1. The second-order valence-corrected chi connectivity index (χ2v) is 4.95. The molecule has 0 aromatic heterocycles. The van der Waals surface area contributed by atoms with Crippen molar-refractivity contribution in [1.82, 2.24) is 0 Å². The number of hydrogen-bond acceptors (Lipinski definition) is 6. The first-order chi connectivity index (χ1) is 11.2. The number of aliphatic hydroxyl groups excluding tert-OH is 2. The van der Waals surface area contributed by atoms with E-state index in [1.807, 2.05) is 13.8 Å². The summed E-state index contributed by atoms with van der Waals surface area (Å²) in [5.41, 5.74) is 0. The lowest BCUT2D eigenvalue weighted by molar-refractivity contribution is -0.139. The van der Waals surface area contributed by atoms with E-state index in [0.29, 0.717) is 19.4 Å². The first-order valence-electron chi connectivity index (χ1n) is 8.12. The summed E-state index contributed by atoms with van der Waals surface area (Å²) in [5.74, 6) is -1.74. The third-order valence-corrected chi connectivity index (χ3v) is 2.32. The minimum atomic E-state index is -0.870. The van der Waals surface area contributed by atoms with Crippen molar-refractivity contribution in [3.05, 3.63) is 0 Å². The Kier molecular flexibility index (Phi) is 25.1. The van der Waals surface area contributed by atoms with Crippen molar-refractivity contribution >= 4 is 11.9 Å². The maximum absolute atomic E-state index is 9.90. The van der Waals surface area contributed by atoms with E-state index in [-0.39, 0.29) is 25.6 Å². The SMILES string of the molecule is CC(O)COC(C)CO.CCOCC.O=C(O)CCCCC(=O)O. The average molecular weight is 354 g/mol. The van der Waals surface area contributed by atoms with Crippen LogP contribution in [-0.2, 0) is 19.1 Å². The second-order valence-electron chi connectivity index (χ2n) is 4.95. The van der Waals surface area contributed by atoms with Gasteiger partial charge in [0.05, 0.1) is 25.4 Å². The lowest BCUT2D eigenvalue weighted by Gasteiger charge is -2.10. The highest BCUT2D eigenvalue weighted by Crippen LogP contribution is 1.98. The lowest BCUT2D eigenvalue weighted by Crippen LogP contribution is -2.19. The predicted octanol–water partition coefficient (Wildman–Crippen LogP) is 1.52. The quantitative estimate of drug-likeness (QED) is 0.410. The van der Waals surface area contributed by atoms with Crippen LogP contribution in [0.25, 0.3) is 0 Å². The number of aliphatic carboxylic acids is 2. The highest BCUT2D eigenvalue weighted by atomic mass is 16.5. The smallest absolute Gasteiger partial charge is 0.303 e. The van der Waals surface area contributed by atoms with E-state index in [1.165, 1.54) is 0 Å². The van der Waals surface area contributed by atoms with Crippen molar-refractivity contribution in [2.45, 2.75) is 65.6 Å². The van der Waals surface area contributed by atoms with Crippen molar-refractivity contribution in [3.8, 4) is 0 Å². The molecule has 0 aliphatic carbocycles. The van der Waals surface area contributed by atoms with E-state index in [1.54, 1.807) is 13.8 Å². The van der Waals surface area contributed by atoms with Crippen molar-refractivity contribution in [2.75, 3.05) is 26.4 Å². The van der Waals surface area contributed by atoms with Gasteiger partial charge in [-0.1, -0.05) is 0 Å². The average Bonchev–Trinajstić information content (AvgIpc) is 2.51. The molecule has 0 bridgehead atoms. The van der Waals surface area contributed by atoms with E-state index >= 15 is 0 Å². The predicted molar refractivity (Wildman–Crippen MR) is 90.1 cm³/mol. The molecular weight excluding hydrogens is 320 g/mol. The van der Waals surface area contributed by atoms with Gasteiger partial charge in [-0.3, -0.25) is 9.59 Å². The van der Waals surface area contributed by atoms with Gasteiger partial charge in [-0.05, 0) is 40.5 Å². The Hall–Kier alpha value is -1.22. The minimum absolute atomic E-state index is 0.00667. The molecule has 0 aliphatic heterocycles. The first kappa shape index (κ1) is 27.6. The van der Waals surface area contributed by atoms with Crippen molar-refractivity contribution < 1.29 is 39.5 Å². The molecule has 0 rings (SSSR count). The lowest BCUT2D eigenvalue weighted by atomic mass is 10.2. The Balaban J connectivity index is -0.000000291. The van der Waals surface area contributed by atoms with Crippen LogP contribution in [0.4, 0.5) is 0 Å². The number of ether oxygens (including phenoxy) is 2. The number of carbonyl (C=O) groups is 2. The highest BCUT2D eigenvalue weighted by molar-refractivity contribution is 5.67. The zero-order valence-corrected chi connectivity index (χ0v) is 15.2. The van der Waals surface area contributed by atoms with Gasteiger partial charge in [0.2, 0.25) is 0 Å². The van der Waals surface area contributed by atoms with Crippen LogP contribution in [0.2, 0.25) is 0 Å². The monoisotopic (exact) mass is 354 g/mol. The third-order valence-electron chi connectivity index (χ3n) is 2.32. The summed E-state index contributed by atoms with van der Waals surface area (Å²) in [5, 5.41) is 33.4. The maximum Gasteiger partial charge on any atom is 0.303 e. The number of carboxylic acid groups (broad SMARTS) is 2. The van der Waals surface area contributed by atoms with Gasteiger partial charge < -0.3 is 29.9 Å². The van der Waals surface area contributed by atoms with Gasteiger partial charge in [-0.15, -0.1) is 0 Å². The van der Waals surface area contributed by atoms with E-state index in [2.05, 4.69) is 0 Å². The Morgan fingerprint density at radius 1 is 0.958 bits per heavy atom. The van der Waals surface area contributed by atoms with Crippen LogP contribution in [0, 0.1) is 0 Å². The van der Waals surface area contributed by atoms with Crippen LogP contribution in [0.15, 0.2) is 0 Å². The molecule has 0 heterocycles. The molecule has 2 unspecified atom stereocenters. The van der Waals surface area contributed by atoms with Crippen LogP contribution in [0.1, 0.15) is 53.4 Å². The fraction of sp³-hybridized carbons (Fsp3) is 0.875. The van der Waals surface area contributed by atoms with E-state index in [9.17, 15) is 9.59 Å². The summed E-state index contributed by atoms with van der Waals surface area (Å²) in [6, 6.07) is 0. The molecule has 0 aromatic rings. The molecule has 4 N–H and O–H groups in total. The van der Waals surface area contributed by atoms with Gasteiger partial charge in [0.1, 0.15) is 0 Å². The summed E-state index contributed by atoms with van der Waals surface area (Å²) in [4.78, 5) is 19.8.